The Balaban J connectivity index is 1.94. The second kappa shape index (κ2) is 4.46. The van der Waals surface area contributed by atoms with Gasteiger partial charge in [0.15, 0.2) is 5.76 Å². The van der Waals surface area contributed by atoms with Crippen molar-refractivity contribution in [3.05, 3.63) is 24.2 Å². The van der Waals surface area contributed by atoms with Crippen LogP contribution in [0.15, 0.2) is 22.8 Å². The average molecular weight is 210 g/mol. The molecule has 2 unspecified atom stereocenters. The fraction of sp³-hybridized carbons (Fsp3) is 0.500. The quantitative estimate of drug-likeness (QED) is 0.737. The number of methoxy groups -OCH3 is 1. The van der Waals surface area contributed by atoms with Gasteiger partial charge in [-0.3, -0.25) is 4.79 Å². The topological polar surface area (TPSA) is 63.5 Å². The van der Waals surface area contributed by atoms with Crippen LogP contribution in [0, 0.1) is 0 Å². The van der Waals surface area contributed by atoms with Gasteiger partial charge in [0, 0.05) is 20.2 Å². The molecule has 1 aliphatic heterocycles. The zero-order valence-corrected chi connectivity index (χ0v) is 8.53. The summed E-state index contributed by atoms with van der Waals surface area (Å²) >= 11 is 0. The molecule has 1 amide bonds. The van der Waals surface area contributed by atoms with Gasteiger partial charge >= 0.3 is 0 Å². The monoisotopic (exact) mass is 210 g/mol. The molecule has 1 saturated heterocycles. The van der Waals surface area contributed by atoms with Gasteiger partial charge in [-0.25, -0.2) is 0 Å². The highest BCUT2D eigenvalue weighted by Gasteiger charge is 2.28. The fourth-order valence-corrected chi connectivity index (χ4v) is 1.69. The summed E-state index contributed by atoms with van der Waals surface area (Å²) in [4.78, 5) is 11.6. The normalized spacial score (nSPS) is 25.4. The minimum Gasteiger partial charge on any atom is -0.459 e. The molecular weight excluding hydrogens is 196 g/mol. The van der Waals surface area contributed by atoms with E-state index < -0.39 is 0 Å². The van der Waals surface area contributed by atoms with Gasteiger partial charge < -0.3 is 19.8 Å². The molecule has 5 nitrogen and oxygen atoms in total. The van der Waals surface area contributed by atoms with Crippen molar-refractivity contribution >= 4 is 5.91 Å². The number of rotatable bonds is 3. The van der Waals surface area contributed by atoms with E-state index in [0.717, 1.165) is 13.1 Å². The molecule has 1 aliphatic rings. The van der Waals surface area contributed by atoms with Gasteiger partial charge in [-0.15, -0.1) is 0 Å². The van der Waals surface area contributed by atoms with Crippen molar-refractivity contribution < 1.29 is 13.9 Å². The van der Waals surface area contributed by atoms with Gasteiger partial charge in [-0.1, -0.05) is 0 Å². The summed E-state index contributed by atoms with van der Waals surface area (Å²) < 4.78 is 10.2. The van der Waals surface area contributed by atoms with Gasteiger partial charge in [0.1, 0.15) is 0 Å². The Hall–Kier alpha value is -1.33. The first-order valence-corrected chi connectivity index (χ1v) is 4.89. The number of nitrogens with one attached hydrogen (secondary N) is 2. The average Bonchev–Trinajstić information content (AvgIpc) is 2.87. The van der Waals surface area contributed by atoms with Crippen molar-refractivity contribution in [1.82, 2.24) is 10.6 Å². The van der Waals surface area contributed by atoms with Crippen LogP contribution in [0.2, 0.25) is 0 Å². The van der Waals surface area contributed by atoms with E-state index in [2.05, 4.69) is 10.6 Å². The van der Waals surface area contributed by atoms with Crippen molar-refractivity contribution in [1.29, 1.82) is 0 Å². The number of carbonyl (C=O) groups excluding carboxylic acids is 1. The predicted octanol–water partition coefficient (Wildman–Crippen LogP) is -0.00380. The summed E-state index contributed by atoms with van der Waals surface area (Å²) in [6.45, 7) is 1.49. The molecule has 0 aliphatic carbocycles. The summed E-state index contributed by atoms with van der Waals surface area (Å²) in [6, 6.07) is 3.34. The molecule has 0 spiro atoms. The number of hydrogen-bond donors (Lipinski definition) is 2. The second-order valence-electron chi connectivity index (χ2n) is 3.49. The zero-order valence-electron chi connectivity index (χ0n) is 8.53. The lowest BCUT2D eigenvalue weighted by atomic mass is 10.2. The lowest BCUT2D eigenvalue weighted by Gasteiger charge is -2.17. The third-order valence-corrected chi connectivity index (χ3v) is 2.52. The molecule has 0 aromatic carbocycles. The van der Waals surface area contributed by atoms with Crippen LogP contribution in [0.4, 0.5) is 0 Å². The van der Waals surface area contributed by atoms with Gasteiger partial charge in [0.25, 0.3) is 5.91 Å². The maximum absolute atomic E-state index is 11.6. The van der Waals surface area contributed by atoms with Crippen LogP contribution >= 0.6 is 0 Å². The van der Waals surface area contributed by atoms with Crippen LogP contribution in [0.3, 0.4) is 0 Å². The van der Waals surface area contributed by atoms with Gasteiger partial charge in [0.2, 0.25) is 0 Å². The minimum absolute atomic E-state index is 0.00704. The largest absolute Gasteiger partial charge is 0.459 e. The molecule has 1 aromatic heterocycles. The highest BCUT2D eigenvalue weighted by molar-refractivity contribution is 5.91. The van der Waals surface area contributed by atoms with Crippen LogP contribution in [0.1, 0.15) is 10.6 Å². The van der Waals surface area contributed by atoms with E-state index in [1.807, 2.05) is 0 Å². The summed E-state index contributed by atoms with van der Waals surface area (Å²) in [5, 5.41) is 6.02. The van der Waals surface area contributed by atoms with E-state index in [1.165, 1.54) is 6.26 Å². The Morgan fingerprint density at radius 1 is 1.67 bits per heavy atom. The molecule has 1 fully saturated rings. The Morgan fingerprint density at radius 2 is 2.53 bits per heavy atom. The molecule has 5 heteroatoms. The van der Waals surface area contributed by atoms with E-state index in [1.54, 1.807) is 19.2 Å². The van der Waals surface area contributed by atoms with Crippen molar-refractivity contribution in [2.45, 2.75) is 12.1 Å². The summed E-state index contributed by atoms with van der Waals surface area (Å²) in [7, 11) is 1.64. The maximum Gasteiger partial charge on any atom is 0.287 e. The molecule has 2 N–H and O–H groups in total. The number of hydrogen-bond acceptors (Lipinski definition) is 4. The molecule has 0 radical (unpaired) electrons. The van der Waals surface area contributed by atoms with Gasteiger partial charge in [-0.05, 0) is 12.1 Å². The highest BCUT2D eigenvalue weighted by atomic mass is 16.5. The Kier molecular flexibility index (Phi) is 3.03. The van der Waals surface area contributed by atoms with Gasteiger partial charge in [-0.2, -0.15) is 0 Å². The second-order valence-corrected chi connectivity index (χ2v) is 3.49. The fourth-order valence-electron chi connectivity index (χ4n) is 1.69. The van der Waals surface area contributed by atoms with Crippen LogP contribution in [0.25, 0.3) is 0 Å². The Morgan fingerprint density at radius 3 is 3.20 bits per heavy atom. The predicted molar refractivity (Wildman–Crippen MR) is 53.6 cm³/mol. The molecule has 15 heavy (non-hydrogen) atoms. The molecule has 82 valence electrons. The van der Waals surface area contributed by atoms with Crippen molar-refractivity contribution in [2.24, 2.45) is 0 Å². The van der Waals surface area contributed by atoms with E-state index in [4.69, 9.17) is 9.15 Å². The lowest BCUT2D eigenvalue weighted by Crippen LogP contribution is -2.43. The number of carbonyl (C=O) groups is 1. The van der Waals surface area contributed by atoms with Gasteiger partial charge in [0.05, 0.1) is 18.4 Å². The van der Waals surface area contributed by atoms with Crippen molar-refractivity contribution in [2.75, 3.05) is 20.2 Å². The third kappa shape index (κ3) is 2.19. The SMILES string of the molecule is COC1CNCC1NC(=O)c1ccco1. The molecule has 0 bridgehead atoms. The van der Waals surface area contributed by atoms with E-state index in [9.17, 15) is 4.79 Å². The molecule has 1 aromatic rings. The zero-order chi connectivity index (χ0) is 10.7. The minimum atomic E-state index is -0.198. The summed E-state index contributed by atoms with van der Waals surface area (Å²) in [5.74, 6) is 0.132. The van der Waals surface area contributed by atoms with Crippen molar-refractivity contribution in [3.63, 3.8) is 0 Å². The van der Waals surface area contributed by atoms with Crippen molar-refractivity contribution in [3.8, 4) is 0 Å². The third-order valence-electron chi connectivity index (χ3n) is 2.52. The smallest absolute Gasteiger partial charge is 0.287 e. The first-order valence-electron chi connectivity index (χ1n) is 4.89. The van der Waals surface area contributed by atoms with E-state index in [0.29, 0.717) is 5.76 Å². The number of furan rings is 1. The Bertz CT molecular complexity index is 323. The highest BCUT2D eigenvalue weighted by Crippen LogP contribution is 2.06. The molecular formula is C10H14N2O3. The summed E-state index contributed by atoms with van der Waals surface area (Å²) in [6.07, 6.45) is 1.51. The van der Waals surface area contributed by atoms with E-state index in [-0.39, 0.29) is 18.1 Å². The molecule has 2 heterocycles. The molecule has 2 atom stereocenters. The van der Waals surface area contributed by atoms with Crippen LogP contribution in [-0.2, 0) is 4.74 Å². The summed E-state index contributed by atoms with van der Waals surface area (Å²) in [5.41, 5.74) is 0. The Labute approximate surface area is 87.8 Å². The first-order chi connectivity index (χ1) is 7.31. The van der Waals surface area contributed by atoms with Crippen LogP contribution < -0.4 is 10.6 Å². The van der Waals surface area contributed by atoms with E-state index >= 15 is 0 Å². The molecule has 2 rings (SSSR count). The van der Waals surface area contributed by atoms with Crippen LogP contribution in [0.5, 0.6) is 0 Å². The first kappa shape index (κ1) is 10.2. The molecule has 0 saturated carbocycles. The van der Waals surface area contributed by atoms with Crippen LogP contribution in [-0.4, -0.2) is 38.3 Å². The number of amides is 1. The standard InChI is InChI=1S/C10H14N2O3/c1-14-9-6-11-5-7(9)12-10(13)8-3-2-4-15-8/h2-4,7,9,11H,5-6H2,1H3,(H,12,13). The maximum atomic E-state index is 11.6. The number of ether oxygens (including phenoxy) is 1. The lowest BCUT2D eigenvalue weighted by molar-refractivity contribution is 0.0760.